The molecule has 2 amide bonds. The van der Waals surface area contributed by atoms with Gasteiger partial charge in [-0.05, 0) is 76.6 Å². The van der Waals surface area contributed by atoms with Gasteiger partial charge in [0.15, 0.2) is 9.84 Å². The fourth-order valence-corrected chi connectivity index (χ4v) is 8.23. The molecule has 1 aliphatic heterocycles. The molecule has 42 heavy (non-hydrogen) atoms. The average molecular weight is 644 g/mol. The first-order chi connectivity index (χ1) is 19.6. The minimum atomic E-state index is -4.14. The lowest BCUT2D eigenvalue weighted by molar-refractivity contribution is -0.138. The molecule has 2 heterocycles. The van der Waals surface area contributed by atoms with Gasteiger partial charge in [-0.25, -0.2) is 21.6 Å². The maximum atomic E-state index is 12.9. The molecule has 0 radical (unpaired) electrons. The molecule has 3 N–H and O–H groups in total. The number of sulfone groups is 1. The zero-order chi connectivity index (χ0) is 31.1. The van der Waals surface area contributed by atoms with E-state index in [1.165, 1.54) is 36.4 Å². The number of thiophene rings is 1. The molecule has 0 unspecified atom stereocenters. The number of carboxylic acid groups (broad SMARTS) is 1. The number of aliphatic carboxylic acids is 1. The molecule has 1 aliphatic rings. The highest BCUT2D eigenvalue weighted by Gasteiger charge is 2.28. The Morgan fingerprint density at radius 2 is 1.69 bits per heavy atom. The number of piperidine rings is 1. The Hall–Kier alpha value is -3.01. The molecule has 0 aliphatic carbocycles. The highest BCUT2D eigenvalue weighted by molar-refractivity contribution is 7.93. The molecule has 15 heteroatoms. The van der Waals surface area contributed by atoms with Gasteiger partial charge in [0.05, 0.1) is 15.5 Å². The van der Waals surface area contributed by atoms with Crippen molar-refractivity contribution in [2.45, 2.75) is 67.2 Å². The number of benzene rings is 1. The molecule has 12 nitrogen and oxygen atoms in total. The van der Waals surface area contributed by atoms with Crippen molar-refractivity contribution in [1.29, 1.82) is 0 Å². The Morgan fingerprint density at radius 1 is 1.05 bits per heavy atom. The van der Waals surface area contributed by atoms with Gasteiger partial charge in [-0.1, -0.05) is 18.2 Å². The molecule has 1 aromatic carbocycles. The van der Waals surface area contributed by atoms with Crippen molar-refractivity contribution in [2.24, 2.45) is 5.92 Å². The second-order valence-corrected chi connectivity index (χ2v) is 16.2. The summed E-state index contributed by atoms with van der Waals surface area (Å²) in [6, 6.07) is 8.24. The number of rotatable bonds is 12. The monoisotopic (exact) mass is 643 g/mol. The highest BCUT2D eigenvalue weighted by atomic mass is 32.2. The minimum Gasteiger partial charge on any atom is -0.480 e. The molecule has 1 saturated heterocycles. The van der Waals surface area contributed by atoms with Gasteiger partial charge in [0.2, 0.25) is 10.0 Å². The first-order valence-electron chi connectivity index (χ1n) is 13.5. The normalized spacial score (nSPS) is 15.6. The van der Waals surface area contributed by atoms with Crippen molar-refractivity contribution in [3.8, 4) is 0 Å². The second-order valence-electron chi connectivity index (χ2n) is 11.0. The van der Waals surface area contributed by atoms with Crippen LogP contribution in [-0.2, 0) is 29.4 Å². The molecule has 0 bridgehead atoms. The molecule has 1 aromatic heterocycles. The zero-order valence-electron chi connectivity index (χ0n) is 23.7. The third-order valence-corrected chi connectivity index (χ3v) is 11.5. The zero-order valence-corrected chi connectivity index (χ0v) is 26.2. The predicted molar refractivity (Wildman–Crippen MR) is 157 cm³/mol. The Morgan fingerprint density at radius 3 is 2.29 bits per heavy atom. The lowest BCUT2D eigenvalue weighted by Crippen LogP contribution is -2.48. The number of hydrogen-bond acceptors (Lipinski definition) is 9. The number of hydrogen-bond donors (Lipinski definition) is 3. The van der Waals surface area contributed by atoms with Gasteiger partial charge in [-0.3, -0.25) is 9.59 Å². The van der Waals surface area contributed by atoms with E-state index >= 15 is 0 Å². The third-order valence-electron chi connectivity index (χ3n) is 6.52. The number of carbonyl (C=O) groups is 3. The summed E-state index contributed by atoms with van der Waals surface area (Å²) in [5, 5.41) is 11.8. The summed E-state index contributed by atoms with van der Waals surface area (Å²) in [7, 11) is -7.79. The fraction of sp³-hybridized carbons (Fsp3) is 0.519. The van der Waals surface area contributed by atoms with E-state index < -0.39 is 49.9 Å². The first kappa shape index (κ1) is 33.5. The van der Waals surface area contributed by atoms with Gasteiger partial charge in [0, 0.05) is 19.6 Å². The summed E-state index contributed by atoms with van der Waals surface area (Å²) >= 11 is 0.768. The van der Waals surface area contributed by atoms with Crippen molar-refractivity contribution in [3.63, 3.8) is 0 Å². The van der Waals surface area contributed by atoms with Gasteiger partial charge in [-0.2, -0.15) is 4.72 Å². The topological polar surface area (TPSA) is 176 Å². The van der Waals surface area contributed by atoms with Crippen LogP contribution in [0.5, 0.6) is 0 Å². The number of carboxylic acids is 1. The summed E-state index contributed by atoms with van der Waals surface area (Å²) in [5.41, 5.74) is -0.561. The Bertz CT molecular complexity index is 1460. The number of nitrogens with one attached hydrogen (secondary N) is 2. The van der Waals surface area contributed by atoms with Crippen LogP contribution < -0.4 is 10.0 Å². The van der Waals surface area contributed by atoms with Crippen LogP contribution in [0.25, 0.3) is 0 Å². The van der Waals surface area contributed by atoms with Gasteiger partial charge in [0.25, 0.3) is 5.91 Å². The molecular formula is C27H37N3O9S3. The smallest absolute Gasteiger partial charge is 0.410 e. The van der Waals surface area contributed by atoms with Crippen LogP contribution in [0.2, 0.25) is 0 Å². The number of carbonyl (C=O) groups excluding carboxylic acids is 2. The molecule has 3 rings (SSSR count). The van der Waals surface area contributed by atoms with E-state index in [9.17, 15) is 36.3 Å². The molecule has 0 spiro atoms. The lowest BCUT2D eigenvalue weighted by Gasteiger charge is -2.33. The summed E-state index contributed by atoms with van der Waals surface area (Å²) < 4.78 is 58.2. The Kier molecular flexibility index (Phi) is 11.1. The average Bonchev–Trinajstić information content (AvgIpc) is 3.42. The van der Waals surface area contributed by atoms with Crippen LogP contribution in [-0.4, -0.2) is 81.8 Å². The fourth-order valence-electron chi connectivity index (χ4n) is 4.32. The van der Waals surface area contributed by atoms with E-state index in [0.29, 0.717) is 31.8 Å². The van der Waals surface area contributed by atoms with Crippen LogP contribution in [0.4, 0.5) is 4.79 Å². The molecule has 232 valence electrons. The number of nitrogens with zero attached hydrogens (tertiary/aromatic N) is 1. The lowest BCUT2D eigenvalue weighted by atomic mass is 9.93. The SMILES string of the molecule is CC(C)(C)OC(=O)N1CCC(CCCS(=O)(=O)c2ccc(C(=O)NC[C@H](NS(=O)(=O)c3ccccc3)C(=O)O)s2)CC1. The van der Waals surface area contributed by atoms with Crippen LogP contribution in [0.15, 0.2) is 51.6 Å². The molecule has 2 aromatic rings. The van der Waals surface area contributed by atoms with E-state index in [-0.39, 0.29) is 25.8 Å². The van der Waals surface area contributed by atoms with Crippen LogP contribution in [0.3, 0.4) is 0 Å². The number of likely N-dealkylation sites (tertiary alicyclic amines) is 1. The first-order valence-corrected chi connectivity index (χ1v) is 17.4. The maximum absolute atomic E-state index is 12.9. The molecule has 1 fully saturated rings. The Balaban J connectivity index is 1.48. The van der Waals surface area contributed by atoms with E-state index in [2.05, 4.69) is 10.0 Å². The van der Waals surface area contributed by atoms with Crippen molar-refractivity contribution in [3.05, 3.63) is 47.3 Å². The second kappa shape index (κ2) is 14.0. The van der Waals surface area contributed by atoms with Crippen molar-refractivity contribution < 1.29 is 41.1 Å². The highest BCUT2D eigenvalue weighted by Crippen LogP contribution is 2.27. The summed E-state index contributed by atoms with van der Waals surface area (Å²) in [6.07, 6.45) is 2.31. The predicted octanol–water partition coefficient (Wildman–Crippen LogP) is 3.11. The molecule has 0 saturated carbocycles. The van der Waals surface area contributed by atoms with Crippen LogP contribution >= 0.6 is 11.3 Å². The van der Waals surface area contributed by atoms with Crippen molar-refractivity contribution in [2.75, 3.05) is 25.4 Å². The Labute approximate surface area is 250 Å². The standard InChI is InChI=1S/C27H37N3O9S3/c1-27(2,3)39-26(34)30-15-13-19(14-16-30)8-7-17-41(35,36)23-12-11-22(40-23)24(31)28-18-21(25(32)33)29-42(37,38)20-9-5-4-6-10-20/h4-6,9-12,19,21,29H,7-8,13-18H2,1-3H3,(H,28,31)(H,32,33)/t21-/m0/s1. The van der Waals surface area contributed by atoms with Gasteiger partial charge in [0.1, 0.15) is 15.9 Å². The van der Waals surface area contributed by atoms with Gasteiger partial charge in [-0.15, -0.1) is 11.3 Å². The number of ether oxygens (including phenoxy) is 1. The maximum Gasteiger partial charge on any atom is 0.410 e. The number of amides is 2. The van der Waals surface area contributed by atoms with Crippen LogP contribution in [0, 0.1) is 5.92 Å². The van der Waals surface area contributed by atoms with E-state index in [1.807, 2.05) is 20.8 Å². The van der Waals surface area contributed by atoms with E-state index in [1.54, 1.807) is 11.0 Å². The van der Waals surface area contributed by atoms with Gasteiger partial charge >= 0.3 is 12.1 Å². The third kappa shape index (κ3) is 9.78. The molecular weight excluding hydrogens is 607 g/mol. The van der Waals surface area contributed by atoms with E-state index in [4.69, 9.17) is 4.74 Å². The van der Waals surface area contributed by atoms with E-state index in [0.717, 1.165) is 24.2 Å². The quantitative estimate of drug-likeness (QED) is 0.314. The summed E-state index contributed by atoms with van der Waals surface area (Å²) in [6.45, 7) is 6.02. The minimum absolute atomic E-state index is 0.0203. The van der Waals surface area contributed by atoms with Gasteiger partial charge < -0.3 is 20.1 Å². The van der Waals surface area contributed by atoms with Crippen LogP contribution in [0.1, 0.15) is 56.1 Å². The summed E-state index contributed by atoms with van der Waals surface area (Å²) in [5.74, 6) is -2.00. The number of sulfonamides is 1. The van der Waals surface area contributed by atoms with Crippen molar-refractivity contribution >= 4 is 49.2 Å². The largest absolute Gasteiger partial charge is 0.480 e. The van der Waals surface area contributed by atoms with Crippen molar-refractivity contribution in [1.82, 2.24) is 14.9 Å². The molecule has 1 atom stereocenters. The summed E-state index contributed by atoms with van der Waals surface area (Å²) in [4.78, 5) is 38.1.